The molecule has 1 heterocycles. The Bertz CT molecular complexity index is 919. The van der Waals surface area contributed by atoms with Crippen LogP contribution in [0.2, 0.25) is 0 Å². The van der Waals surface area contributed by atoms with E-state index in [0.29, 0.717) is 17.9 Å². The molecule has 0 spiro atoms. The van der Waals surface area contributed by atoms with Gasteiger partial charge in [-0.25, -0.2) is 4.98 Å². The topological polar surface area (TPSA) is 63.2 Å². The highest BCUT2D eigenvalue weighted by molar-refractivity contribution is 5.94. The molecule has 1 amide bonds. The number of methoxy groups -OCH3 is 1. The maximum atomic E-state index is 12.3. The van der Waals surface area contributed by atoms with Gasteiger partial charge >= 0.3 is 0 Å². The predicted molar refractivity (Wildman–Crippen MR) is 108 cm³/mol. The van der Waals surface area contributed by atoms with E-state index in [1.54, 1.807) is 19.4 Å². The lowest BCUT2D eigenvalue weighted by atomic mass is 10.1. The van der Waals surface area contributed by atoms with Crippen LogP contribution in [0, 0.1) is 13.8 Å². The van der Waals surface area contributed by atoms with Crippen LogP contribution in [0.1, 0.15) is 27.0 Å². The molecule has 0 unspecified atom stereocenters. The Balaban J connectivity index is 1.60. The fraction of sp³-hybridized carbons (Fsp3) is 0.182. The zero-order valence-electron chi connectivity index (χ0n) is 15.7. The maximum Gasteiger partial charge on any atom is 0.253 e. The number of benzene rings is 2. The molecule has 3 aromatic rings. The number of aryl methyl sites for hydroxylation is 1. The van der Waals surface area contributed by atoms with E-state index in [1.165, 1.54) is 11.1 Å². The third-order valence-electron chi connectivity index (χ3n) is 4.51. The molecule has 5 heteroatoms. The Labute approximate surface area is 159 Å². The minimum Gasteiger partial charge on any atom is -0.497 e. The average molecular weight is 361 g/mol. The molecule has 138 valence electrons. The molecule has 0 saturated heterocycles. The molecule has 0 atom stereocenters. The van der Waals surface area contributed by atoms with Crippen LogP contribution in [0.4, 0.5) is 11.5 Å². The molecule has 0 saturated carbocycles. The van der Waals surface area contributed by atoms with Crippen molar-refractivity contribution in [3.8, 4) is 5.75 Å². The third-order valence-corrected chi connectivity index (χ3v) is 4.51. The third kappa shape index (κ3) is 4.64. The number of hydrogen-bond donors (Lipinski definition) is 2. The summed E-state index contributed by atoms with van der Waals surface area (Å²) in [4.78, 5) is 16.7. The van der Waals surface area contributed by atoms with Gasteiger partial charge in [0.25, 0.3) is 5.91 Å². The lowest BCUT2D eigenvalue weighted by molar-refractivity contribution is 0.0950. The molecule has 0 aliphatic heterocycles. The first-order chi connectivity index (χ1) is 13.1. The Morgan fingerprint density at radius 2 is 1.81 bits per heavy atom. The Morgan fingerprint density at radius 3 is 2.48 bits per heavy atom. The maximum absolute atomic E-state index is 12.3. The van der Waals surface area contributed by atoms with E-state index in [-0.39, 0.29) is 5.91 Å². The summed E-state index contributed by atoms with van der Waals surface area (Å²) in [6.07, 6.45) is 1.58. The Hall–Kier alpha value is -3.34. The van der Waals surface area contributed by atoms with Crippen molar-refractivity contribution >= 4 is 17.4 Å². The number of nitrogens with one attached hydrogen (secondary N) is 2. The van der Waals surface area contributed by atoms with Crippen molar-refractivity contribution in [1.29, 1.82) is 0 Å². The number of carbonyl (C=O) groups excluding carboxylic acids is 1. The van der Waals surface area contributed by atoms with Crippen molar-refractivity contribution in [1.82, 2.24) is 10.3 Å². The van der Waals surface area contributed by atoms with Gasteiger partial charge in [0.05, 0.1) is 12.7 Å². The fourth-order valence-corrected chi connectivity index (χ4v) is 2.65. The van der Waals surface area contributed by atoms with Gasteiger partial charge in [0, 0.05) is 18.4 Å². The van der Waals surface area contributed by atoms with Gasteiger partial charge in [-0.2, -0.15) is 0 Å². The summed E-state index contributed by atoms with van der Waals surface area (Å²) in [5.41, 5.74) is 4.94. The van der Waals surface area contributed by atoms with Crippen molar-refractivity contribution in [3.05, 3.63) is 83.0 Å². The van der Waals surface area contributed by atoms with Gasteiger partial charge in [0.15, 0.2) is 0 Å². The number of ether oxygens (including phenoxy) is 1. The second-order valence-electron chi connectivity index (χ2n) is 6.34. The van der Waals surface area contributed by atoms with Crippen LogP contribution in [-0.4, -0.2) is 18.0 Å². The second kappa shape index (κ2) is 8.36. The first kappa shape index (κ1) is 18.5. The number of amides is 1. The van der Waals surface area contributed by atoms with Crippen LogP contribution in [0.15, 0.2) is 60.8 Å². The van der Waals surface area contributed by atoms with Crippen molar-refractivity contribution in [2.75, 3.05) is 12.4 Å². The van der Waals surface area contributed by atoms with E-state index in [2.05, 4.69) is 35.5 Å². The first-order valence-corrected chi connectivity index (χ1v) is 8.77. The van der Waals surface area contributed by atoms with Crippen molar-refractivity contribution in [2.24, 2.45) is 0 Å². The number of pyridine rings is 1. The van der Waals surface area contributed by atoms with E-state index in [0.717, 1.165) is 17.0 Å². The SMILES string of the molecule is COc1ccc(CNC(=O)c2ccc(Nc3cccc(C)c3C)nc2)cc1. The van der Waals surface area contributed by atoms with E-state index in [9.17, 15) is 4.79 Å². The van der Waals surface area contributed by atoms with Crippen molar-refractivity contribution < 1.29 is 9.53 Å². The van der Waals surface area contributed by atoms with Crippen LogP contribution in [0.5, 0.6) is 5.75 Å². The number of anilines is 2. The van der Waals surface area contributed by atoms with Gasteiger partial charge in [-0.1, -0.05) is 24.3 Å². The summed E-state index contributed by atoms with van der Waals surface area (Å²) in [6, 6.07) is 17.3. The Kier molecular flexibility index (Phi) is 5.71. The normalized spacial score (nSPS) is 10.3. The molecule has 0 bridgehead atoms. The van der Waals surface area contributed by atoms with Crippen LogP contribution in [-0.2, 0) is 6.54 Å². The van der Waals surface area contributed by atoms with Crippen LogP contribution in [0.25, 0.3) is 0 Å². The summed E-state index contributed by atoms with van der Waals surface area (Å²) < 4.78 is 5.13. The molecule has 0 aliphatic rings. The monoisotopic (exact) mass is 361 g/mol. The number of aromatic nitrogens is 1. The summed E-state index contributed by atoms with van der Waals surface area (Å²) in [6.45, 7) is 4.59. The van der Waals surface area contributed by atoms with Gasteiger partial charge in [-0.3, -0.25) is 4.79 Å². The minimum absolute atomic E-state index is 0.156. The molecular formula is C22H23N3O2. The van der Waals surface area contributed by atoms with Gasteiger partial charge in [-0.05, 0) is 60.9 Å². The van der Waals surface area contributed by atoms with E-state index in [4.69, 9.17) is 4.74 Å². The standard InChI is InChI=1S/C22H23N3O2/c1-15-5-4-6-20(16(15)2)25-21-12-9-18(14-23-21)22(26)24-13-17-7-10-19(27-3)11-8-17/h4-12,14H,13H2,1-3H3,(H,23,25)(H,24,26). The molecule has 0 radical (unpaired) electrons. The number of nitrogens with zero attached hydrogens (tertiary/aromatic N) is 1. The number of carbonyl (C=O) groups is 1. The fourth-order valence-electron chi connectivity index (χ4n) is 2.65. The zero-order chi connectivity index (χ0) is 19.2. The molecule has 0 fully saturated rings. The highest BCUT2D eigenvalue weighted by Gasteiger charge is 2.07. The minimum atomic E-state index is -0.156. The molecule has 1 aromatic heterocycles. The van der Waals surface area contributed by atoms with Crippen LogP contribution < -0.4 is 15.4 Å². The lowest BCUT2D eigenvalue weighted by Crippen LogP contribution is -2.22. The van der Waals surface area contributed by atoms with Gasteiger partial charge < -0.3 is 15.4 Å². The second-order valence-corrected chi connectivity index (χ2v) is 6.34. The van der Waals surface area contributed by atoms with Crippen molar-refractivity contribution in [2.45, 2.75) is 20.4 Å². The Morgan fingerprint density at radius 1 is 1.04 bits per heavy atom. The van der Waals surface area contributed by atoms with Gasteiger partial charge in [0.2, 0.25) is 0 Å². The van der Waals surface area contributed by atoms with Gasteiger partial charge in [0.1, 0.15) is 11.6 Å². The van der Waals surface area contributed by atoms with Crippen molar-refractivity contribution in [3.63, 3.8) is 0 Å². The van der Waals surface area contributed by atoms with Crippen LogP contribution >= 0.6 is 0 Å². The summed E-state index contributed by atoms with van der Waals surface area (Å²) in [5, 5.41) is 6.19. The summed E-state index contributed by atoms with van der Waals surface area (Å²) in [5.74, 6) is 1.34. The highest BCUT2D eigenvalue weighted by Crippen LogP contribution is 2.21. The predicted octanol–water partition coefficient (Wildman–Crippen LogP) is 4.38. The quantitative estimate of drug-likeness (QED) is 0.684. The summed E-state index contributed by atoms with van der Waals surface area (Å²) >= 11 is 0. The van der Waals surface area contributed by atoms with E-state index < -0.39 is 0 Å². The molecule has 2 N–H and O–H groups in total. The average Bonchev–Trinajstić information content (AvgIpc) is 2.70. The molecule has 2 aromatic carbocycles. The molecule has 5 nitrogen and oxygen atoms in total. The highest BCUT2D eigenvalue weighted by atomic mass is 16.5. The zero-order valence-corrected chi connectivity index (χ0v) is 15.7. The molecular weight excluding hydrogens is 338 g/mol. The smallest absolute Gasteiger partial charge is 0.253 e. The number of rotatable bonds is 6. The summed E-state index contributed by atoms with van der Waals surface area (Å²) in [7, 11) is 1.63. The van der Waals surface area contributed by atoms with Gasteiger partial charge in [-0.15, -0.1) is 0 Å². The van der Waals surface area contributed by atoms with E-state index >= 15 is 0 Å². The van der Waals surface area contributed by atoms with E-state index in [1.807, 2.05) is 42.5 Å². The van der Waals surface area contributed by atoms with Crippen LogP contribution in [0.3, 0.4) is 0 Å². The first-order valence-electron chi connectivity index (χ1n) is 8.77. The number of hydrogen-bond acceptors (Lipinski definition) is 4. The largest absolute Gasteiger partial charge is 0.497 e. The molecule has 3 rings (SSSR count). The molecule has 0 aliphatic carbocycles. The molecule has 27 heavy (non-hydrogen) atoms. The lowest BCUT2D eigenvalue weighted by Gasteiger charge is -2.11.